The molecular formula is C18H25ClN6O. The molecular weight excluding hydrogens is 352 g/mol. The van der Waals surface area contributed by atoms with E-state index in [2.05, 4.69) is 37.1 Å². The van der Waals surface area contributed by atoms with Crippen LogP contribution in [0.25, 0.3) is 0 Å². The Hall–Kier alpha value is -1.83. The second kappa shape index (κ2) is 7.42. The van der Waals surface area contributed by atoms with Crippen molar-refractivity contribution in [2.75, 3.05) is 30.3 Å². The van der Waals surface area contributed by atoms with Crippen LogP contribution in [0.2, 0.25) is 5.02 Å². The Morgan fingerprint density at radius 1 is 1.23 bits per heavy atom. The number of H-pyrrole nitrogens is 1. The average Bonchev–Trinajstić information content (AvgIpc) is 3.23. The highest BCUT2D eigenvalue weighted by atomic mass is 35.5. The minimum absolute atomic E-state index is 0.238. The van der Waals surface area contributed by atoms with Gasteiger partial charge in [0.1, 0.15) is 0 Å². The van der Waals surface area contributed by atoms with Gasteiger partial charge < -0.3 is 15.7 Å². The second-order valence-electron chi connectivity index (χ2n) is 7.31. The SMILES string of the molecule is Nc1nc(N2CCC(N3CC(O)CC3Cc3ccc(Cl)cc3)CC2)n[nH]1. The summed E-state index contributed by atoms with van der Waals surface area (Å²) in [6.45, 7) is 2.57. The lowest BCUT2D eigenvalue weighted by atomic mass is 9.99. The van der Waals surface area contributed by atoms with E-state index in [1.807, 2.05) is 12.1 Å². The Kier molecular flexibility index (Phi) is 5.02. The molecule has 0 bridgehead atoms. The van der Waals surface area contributed by atoms with Gasteiger partial charge in [-0.3, -0.25) is 4.90 Å². The molecule has 0 aliphatic carbocycles. The number of benzene rings is 1. The van der Waals surface area contributed by atoms with Gasteiger partial charge in [0.05, 0.1) is 6.10 Å². The average molecular weight is 377 g/mol. The molecule has 0 radical (unpaired) electrons. The van der Waals surface area contributed by atoms with Crippen LogP contribution in [0.1, 0.15) is 24.8 Å². The molecule has 3 heterocycles. The predicted octanol–water partition coefficient (Wildman–Crippen LogP) is 1.69. The largest absolute Gasteiger partial charge is 0.392 e. The summed E-state index contributed by atoms with van der Waals surface area (Å²) in [7, 11) is 0. The van der Waals surface area contributed by atoms with E-state index in [9.17, 15) is 5.11 Å². The maximum Gasteiger partial charge on any atom is 0.246 e. The molecule has 2 aromatic rings. The molecule has 4 N–H and O–H groups in total. The maximum absolute atomic E-state index is 10.2. The van der Waals surface area contributed by atoms with E-state index in [0.29, 0.717) is 24.0 Å². The zero-order valence-corrected chi connectivity index (χ0v) is 15.4. The zero-order chi connectivity index (χ0) is 18.1. The van der Waals surface area contributed by atoms with Gasteiger partial charge in [0.2, 0.25) is 11.9 Å². The third-order valence-electron chi connectivity index (χ3n) is 5.53. The van der Waals surface area contributed by atoms with Gasteiger partial charge >= 0.3 is 0 Å². The lowest BCUT2D eigenvalue weighted by Gasteiger charge is -2.39. The monoisotopic (exact) mass is 376 g/mol. The molecule has 2 saturated heterocycles. The van der Waals surface area contributed by atoms with Crippen LogP contribution < -0.4 is 10.6 Å². The van der Waals surface area contributed by atoms with Crippen LogP contribution in [0.3, 0.4) is 0 Å². The molecule has 7 nitrogen and oxygen atoms in total. The van der Waals surface area contributed by atoms with E-state index in [1.165, 1.54) is 5.56 Å². The second-order valence-corrected chi connectivity index (χ2v) is 7.75. The molecule has 2 unspecified atom stereocenters. The van der Waals surface area contributed by atoms with Gasteiger partial charge in [0, 0.05) is 36.7 Å². The third kappa shape index (κ3) is 3.79. The summed E-state index contributed by atoms with van der Waals surface area (Å²) < 4.78 is 0. The minimum atomic E-state index is -0.238. The number of rotatable bonds is 4. The molecule has 4 rings (SSSR count). The van der Waals surface area contributed by atoms with Crippen molar-refractivity contribution in [3.8, 4) is 0 Å². The van der Waals surface area contributed by atoms with Crippen LogP contribution in [0.4, 0.5) is 11.9 Å². The van der Waals surface area contributed by atoms with E-state index in [-0.39, 0.29) is 6.10 Å². The van der Waals surface area contributed by atoms with Crippen molar-refractivity contribution in [1.82, 2.24) is 20.1 Å². The number of anilines is 2. The van der Waals surface area contributed by atoms with Gasteiger partial charge in [-0.2, -0.15) is 4.98 Å². The normalized spacial score (nSPS) is 25.1. The van der Waals surface area contributed by atoms with Crippen molar-refractivity contribution in [2.45, 2.75) is 43.9 Å². The molecule has 0 spiro atoms. The minimum Gasteiger partial charge on any atom is -0.392 e. The lowest BCUT2D eigenvalue weighted by Crippen LogP contribution is -2.47. The van der Waals surface area contributed by atoms with Crippen LogP contribution in [-0.4, -0.2) is 63.0 Å². The van der Waals surface area contributed by atoms with Gasteiger partial charge in [-0.05, 0) is 43.4 Å². The highest BCUT2D eigenvalue weighted by molar-refractivity contribution is 6.30. The molecule has 1 aromatic carbocycles. The van der Waals surface area contributed by atoms with Crippen molar-refractivity contribution < 1.29 is 5.11 Å². The first-order valence-electron chi connectivity index (χ1n) is 9.19. The number of hydrogen-bond donors (Lipinski definition) is 3. The van der Waals surface area contributed by atoms with Crippen LogP contribution >= 0.6 is 11.6 Å². The fourth-order valence-corrected chi connectivity index (χ4v) is 4.39. The molecule has 140 valence electrons. The van der Waals surface area contributed by atoms with Crippen LogP contribution in [0.15, 0.2) is 24.3 Å². The summed E-state index contributed by atoms with van der Waals surface area (Å²) in [5.74, 6) is 1.04. The summed E-state index contributed by atoms with van der Waals surface area (Å²) >= 11 is 5.99. The molecule has 2 fully saturated rings. The number of nitrogen functional groups attached to an aromatic ring is 1. The number of nitrogens with two attached hydrogens (primary N) is 1. The molecule has 8 heteroatoms. The van der Waals surface area contributed by atoms with Gasteiger partial charge in [0.25, 0.3) is 0 Å². The van der Waals surface area contributed by atoms with E-state index in [0.717, 1.165) is 50.3 Å². The van der Waals surface area contributed by atoms with Crippen LogP contribution in [0, 0.1) is 0 Å². The smallest absolute Gasteiger partial charge is 0.246 e. The maximum atomic E-state index is 10.2. The number of β-amino-alcohol motifs (C(OH)–C–C–N with tert-alkyl or cyclic N) is 1. The first-order chi connectivity index (χ1) is 12.6. The number of piperidine rings is 1. The van der Waals surface area contributed by atoms with Gasteiger partial charge in [-0.25, -0.2) is 5.10 Å². The highest BCUT2D eigenvalue weighted by Crippen LogP contribution is 2.29. The first-order valence-corrected chi connectivity index (χ1v) is 9.57. The number of likely N-dealkylation sites (tertiary alicyclic amines) is 1. The van der Waals surface area contributed by atoms with E-state index in [4.69, 9.17) is 17.3 Å². The van der Waals surface area contributed by atoms with Crippen molar-refractivity contribution in [3.63, 3.8) is 0 Å². The Balaban J connectivity index is 1.38. The number of nitrogens with one attached hydrogen (secondary N) is 1. The van der Waals surface area contributed by atoms with E-state index in [1.54, 1.807) is 0 Å². The quantitative estimate of drug-likeness (QED) is 0.751. The topological polar surface area (TPSA) is 94.3 Å². The van der Waals surface area contributed by atoms with E-state index >= 15 is 0 Å². The lowest BCUT2D eigenvalue weighted by molar-refractivity contribution is 0.130. The highest BCUT2D eigenvalue weighted by Gasteiger charge is 2.37. The fourth-order valence-electron chi connectivity index (χ4n) is 4.26. The van der Waals surface area contributed by atoms with Gasteiger partial charge in [-0.15, -0.1) is 5.10 Å². The first kappa shape index (κ1) is 17.6. The van der Waals surface area contributed by atoms with Crippen LogP contribution in [0.5, 0.6) is 0 Å². The Morgan fingerprint density at radius 3 is 2.62 bits per heavy atom. The molecule has 0 saturated carbocycles. The number of aromatic amines is 1. The van der Waals surface area contributed by atoms with Crippen molar-refractivity contribution in [1.29, 1.82) is 0 Å². The summed E-state index contributed by atoms with van der Waals surface area (Å²) in [4.78, 5) is 8.89. The molecule has 0 amide bonds. The summed E-state index contributed by atoms with van der Waals surface area (Å²) in [6.07, 6.45) is 3.63. The summed E-state index contributed by atoms with van der Waals surface area (Å²) in [5, 5.41) is 17.9. The van der Waals surface area contributed by atoms with Crippen molar-refractivity contribution in [2.24, 2.45) is 0 Å². The molecule has 26 heavy (non-hydrogen) atoms. The fraction of sp³-hybridized carbons (Fsp3) is 0.556. The van der Waals surface area contributed by atoms with Crippen LogP contribution in [-0.2, 0) is 6.42 Å². The summed E-state index contributed by atoms with van der Waals surface area (Å²) in [6, 6.07) is 8.91. The standard InChI is InChI=1S/C18H25ClN6O/c19-13-3-1-12(2-4-13)9-15-10-16(26)11-25(15)14-5-7-24(8-6-14)18-21-17(20)22-23-18/h1-4,14-16,26H,5-11H2,(H3,20,21,22,23). The number of nitrogens with zero attached hydrogens (tertiary/aromatic N) is 4. The Labute approximate surface area is 158 Å². The number of aromatic nitrogens is 3. The molecule has 2 atom stereocenters. The van der Waals surface area contributed by atoms with Gasteiger partial charge in [0.15, 0.2) is 0 Å². The van der Waals surface area contributed by atoms with Crippen molar-refractivity contribution >= 4 is 23.5 Å². The molecule has 1 aromatic heterocycles. The molecule has 2 aliphatic rings. The predicted molar refractivity (Wildman–Crippen MR) is 102 cm³/mol. The third-order valence-corrected chi connectivity index (χ3v) is 5.78. The number of aliphatic hydroxyl groups is 1. The Bertz CT molecular complexity index is 728. The number of hydrogen-bond acceptors (Lipinski definition) is 6. The van der Waals surface area contributed by atoms with Gasteiger partial charge in [-0.1, -0.05) is 23.7 Å². The number of halogens is 1. The molecule has 2 aliphatic heterocycles. The summed E-state index contributed by atoms with van der Waals surface area (Å²) in [5.41, 5.74) is 6.90. The zero-order valence-electron chi connectivity index (χ0n) is 14.7. The van der Waals surface area contributed by atoms with E-state index < -0.39 is 0 Å². The number of aliphatic hydroxyl groups excluding tert-OH is 1. The Morgan fingerprint density at radius 2 is 1.96 bits per heavy atom. The van der Waals surface area contributed by atoms with Crippen molar-refractivity contribution in [3.05, 3.63) is 34.9 Å².